The molecule has 4 aliphatic rings. The monoisotopic (exact) mass is 901 g/mol. The number of ether oxygens (including phenoxy) is 1. The van der Waals surface area contributed by atoms with E-state index in [9.17, 15) is 23.9 Å². The predicted octanol–water partition coefficient (Wildman–Crippen LogP) is -0.990. The van der Waals surface area contributed by atoms with Gasteiger partial charge in [-0.05, 0) is 102 Å². The molecule has 4 aromatic carbocycles. The van der Waals surface area contributed by atoms with E-state index < -0.39 is 7.82 Å². The molecule has 64 heavy (non-hydrogen) atoms. The van der Waals surface area contributed by atoms with Crippen molar-refractivity contribution in [1.82, 2.24) is 19.3 Å². The summed E-state index contributed by atoms with van der Waals surface area (Å²) in [7, 11) is -3.59. The summed E-state index contributed by atoms with van der Waals surface area (Å²) in [5, 5.41) is 0. The van der Waals surface area contributed by atoms with Crippen LogP contribution in [0.3, 0.4) is 0 Å². The number of carbonyl (C=O) groups is 3. The molecule has 1 aromatic heterocycles. The molecule has 322 valence electrons. The SMILES string of the molecule is CN(C(=O)c1cc(-c2cc3c(cc2C(=O)N2Cc4ccccc4C[C@H]2CN2CCOCC2)CN(C(=O)Cc2ccccc2)CC3)n2c1CCCC2)c1ccc(OP(=O)([O-])[O-])cc1.[Na+].[Na+]. The van der Waals surface area contributed by atoms with Crippen molar-refractivity contribution in [2.24, 2.45) is 0 Å². The normalized spacial score (nSPS) is 17.2. The Morgan fingerprint density at radius 1 is 0.781 bits per heavy atom. The van der Waals surface area contributed by atoms with Crippen LogP contribution in [-0.4, -0.2) is 89.5 Å². The number of carbonyl (C=O) groups excluding carboxylic acids is 3. The van der Waals surface area contributed by atoms with Crippen molar-refractivity contribution in [3.05, 3.63) is 142 Å². The molecule has 0 N–H and O–H groups in total. The fourth-order valence-corrected chi connectivity index (χ4v) is 9.94. The van der Waals surface area contributed by atoms with E-state index in [-0.39, 0.29) is 88.6 Å². The van der Waals surface area contributed by atoms with E-state index in [0.717, 1.165) is 78.1 Å². The van der Waals surface area contributed by atoms with Crippen LogP contribution in [-0.2, 0) is 59.4 Å². The molecule has 13 nitrogen and oxygen atoms in total. The second-order valence-electron chi connectivity index (χ2n) is 16.8. The van der Waals surface area contributed by atoms with E-state index in [1.807, 2.05) is 58.3 Å². The Labute approximate surface area is 418 Å². The summed E-state index contributed by atoms with van der Waals surface area (Å²) in [6.07, 6.45) is 4.17. The maximum Gasteiger partial charge on any atom is 1.00 e. The Bertz CT molecular complexity index is 2540. The number of hydrogen-bond donors (Lipinski definition) is 0. The minimum absolute atomic E-state index is 0. The maximum atomic E-state index is 15.6. The quantitative estimate of drug-likeness (QED) is 0.127. The molecule has 1 atom stereocenters. The van der Waals surface area contributed by atoms with Gasteiger partial charge in [-0.25, -0.2) is 0 Å². The minimum atomic E-state index is -5.24. The number of anilines is 1. The van der Waals surface area contributed by atoms with Gasteiger partial charge in [-0.3, -0.25) is 19.3 Å². The van der Waals surface area contributed by atoms with E-state index in [0.29, 0.717) is 75.5 Å². The van der Waals surface area contributed by atoms with Gasteiger partial charge in [0.25, 0.3) is 11.8 Å². The number of hydrogen-bond acceptors (Lipinski definition) is 9. The van der Waals surface area contributed by atoms with Gasteiger partial charge < -0.3 is 42.9 Å². The van der Waals surface area contributed by atoms with Crippen molar-refractivity contribution < 1.29 is 97.1 Å². The molecule has 0 spiro atoms. The largest absolute Gasteiger partial charge is 1.00 e. The van der Waals surface area contributed by atoms with Crippen molar-refractivity contribution in [2.75, 3.05) is 51.3 Å². The summed E-state index contributed by atoms with van der Waals surface area (Å²) in [6, 6.07) is 29.9. The molecular weight excluding hydrogens is 852 g/mol. The Morgan fingerprint density at radius 2 is 1.50 bits per heavy atom. The van der Waals surface area contributed by atoms with E-state index in [1.54, 1.807) is 7.05 Å². The smallest absolute Gasteiger partial charge is 0.780 e. The topological polar surface area (TPSA) is 151 Å². The van der Waals surface area contributed by atoms with Crippen molar-refractivity contribution >= 4 is 31.2 Å². The Morgan fingerprint density at radius 3 is 2.23 bits per heavy atom. The predicted molar refractivity (Wildman–Crippen MR) is 231 cm³/mol. The molecule has 0 unspecified atom stereocenters. The van der Waals surface area contributed by atoms with Crippen LogP contribution in [0, 0.1) is 0 Å². The molecule has 16 heteroatoms. The van der Waals surface area contributed by atoms with Crippen LogP contribution in [0.2, 0.25) is 0 Å². The fourth-order valence-electron chi connectivity index (χ4n) is 9.56. The van der Waals surface area contributed by atoms with Crippen LogP contribution in [0.4, 0.5) is 5.69 Å². The van der Waals surface area contributed by atoms with Gasteiger partial charge in [-0.1, -0.05) is 54.6 Å². The van der Waals surface area contributed by atoms with E-state index in [4.69, 9.17) is 4.74 Å². The molecule has 5 aromatic rings. The summed E-state index contributed by atoms with van der Waals surface area (Å²) in [5.41, 5.74) is 9.39. The average Bonchev–Trinajstić information content (AvgIpc) is 3.67. The number of phosphoric ester groups is 1. The van der Waals surface area contributed by atoms with Crippen molar-refractivity contribution in [1.29, 1.82) is 0 Å². The maximum absolute atomic E-state index is 15.6. The zero-order valence-electron chi connectivity index (χ0n) is 36.9. The van der Waals surface area contributed by atoms with Crippen molar-refractivity contribution in [2.45, 2.75) is 64.2 Å². The van der Waals surface area contributed by atoms with Crippen molar-refractivity contribution in [3.63, 3.8) is 0 Å². The third-order valence-electron chi connectivity index (χ3n) is 12.8. The molecule has 4 aliphatic heterocycles. The van der Waals surface area contributed by atoms with Crippen LogP contribution in [0.15, 0.2) is 97.1 Å². The number of morpholine rings is 1. The molecule has 3 amide bonds. The number of nitrogens with zero attached hydrogens (tertiary/aromatic N) is 5. The zero-order chi connectivity index (χ0) is 43.0. The first-order valence-corrected chi connectivity index (χ1v) is 22.9. The Balaban J connectivity index is 0.00000306. The number of rotatable bonds is 10. The molecule has 9 rings (SSSR count). The molecular formula is C48H50N5Na2O8P. The summed E-state index contributed by atoms with van der Waals surface area (Å²) in [4.78, 5) is 73.9. The van der Waals surface area contributed by atoms with Gasteiger partial charge in [0.1, 0.15) is 13.6 Å². The number of amides is 3. The molecule has 1 fully saturated rings. The van der Waals surface area contributed by atoms with Gasteiger partial charge >= 0.3 is 59.1 Å². The molecule has 5 heterocycles. The first-order valence-electron chi connectivity index (χ1n) is 21.5. The fraction of sp³-hybridized carbons (Fsp3) is 0.354. The molecule has 0 radical (unpaired) electrons. The van der Waals surface area contributed by atoms with Crippen LogP contribution < -0.4 is 78.3 Å². The summed E-state index contributed by atoms with van der Waals surface area (Å²) in [5.74, 6) is -0.430. The molecule has 1 saturated heterocycles. The first-order chi connectivity index (χ1) is 30.0. The Kier molecular flexibility index (Phi) is 15.8. The number of benzene rings is 4. The molecule has 0 saturated carbocycles. The second-order valence-corrected chi connectivity index (χ2v) is 17.8. The van der Waals surface area contributed by atoms with Gasteiger partial charge in [-0.2, -0.15) is 0 Å². The van der Waals surface area contributed by atoms with Gasteiger partial charge in [0.05, 0.1) is 25.2 Å². The third kappa shape index (κ3) is 10.7. The van der Waals surface area contributed by atoms with E-state index in [2.05, 4.69) is 38.3 Å². The first kappa shape index (κ1) is 48.4. The second kappa shape index (κ2) is 20.9. The standard InChI is InChI=1S/C48H52N5O8P.2Na/c1-49(38-14-16-40(17-15-38)61-62(57,58)59)47(55)43-29-45(52-19-8-7-13-44(43)52)41-27-35-18-20-51(46(54)25-33-9-3-2-4-10-33)30-37(35)28-42(41)48(56)53-31-36-12-6-5-11-34(36)26-39(53)32-50-21-23-60-24-22-50;;/h2-6,9-12,14-17,27-29,39H,7-8,13,18-26,30-32H2,1H3,(H2,57,58,59);;/q;2*+1/p-2/t39-;;/m0../s1. The summed E-state index contributed by atoms with van der Waals surface area (Å²) < 4.78 is 23.6. The van der Waals surface area contributed by atoms with Crippen LogP contribution in [0.1, 0.15) is 67.1 Å². The van der Waals surface area contributed by atoms with Crippen LogP contribution in [0.5, 0.6) is 5.75 Å². The Hall–Kier alpha value is -3.56. The van der Waals surface area contributed by atoms with Gasteiger partial charge in [0.15, 0.2) is 0 Å². The van der Waals surface area contributed by atoms with Crippen LogP contribution >= 0.6 is 7.82 Å². The third-order valence-corrected chi connectivity index (χ3v) is 13.3. The van der Waals surface area contributed by atoms with E-state index >= 15 is 4.79 Å². The average molecular weight is 902 g/mol. The van der Waals surface area contributed by atoms with Crippen molar-refractivity contribution in [3.8, 4) is 17.0 Å². The summed E-state index contributed by atoms with van der Waals surface area (Å²) >= 11 is 0. The number of fused-ring (bicyclic) bond motifs is 3. The minimum Gasteiger partial charge on any atom is -0.780 e. The summed E-state index contributed by atoms with van der Waals surface area (Å²) in [6.45, 7) is 5.75. The van der Waals surface area contributed by atoms with Gasteiger partial charge in [0.2, 0.25) is 5.91 Å². The molecule has 0 bridgehead atoms. The van der Waals surface area contributed by atoms with Gasteiger partial charge in [0, 0.05) is 87.1 Å². The van der Waals surface area contributed by atoms with Gasteiger partial charge in [-0.15, -0.1) is 0 Å². The zero-order valence-corrected chi connectivity index (χ0v) is 41.8. The number of phosphoric acid groups is 1. The van der Waals surface area contributed by atoms with Crippen LogP contribution in [0.25, 0.3) is 11.3 Å². The number of aromatic nitrogens is 1. The van der Waals surface area contributed by atoms with E-state index in [1.165, 1.54) is 34.7 Å². The molecule has 0 aliphatic carbocycles.